The Kier molecular flexibility index (Phi) is 8.97. The van der Waals surface area contributed by atoms with Gasteiger partial charge in [0.2, 0.25) is 0 Å². The second kappa shape index (κ2) is 12.6. The molecule has 1 saturated carbocycles. The van der Waals surface area contributed by atoms with E-state index in [-0.39, 0.29) is 28.9 Å². The highest BCUT2D eigenvalue weighted by Crippen LogP contribution is 2.35. The number of fused-ring (bicyclic) bond motifs is 1. The van der Waals surface area contributed by atoms with E-state index < -0.39 is 11.7 Å². The van der Waals surface area contributed by atoms with Crippen molar-refractivity contribution >= 4 is 72.2 Å². The minimum Gasteiger partial charge on any atom is -0.481 e. The summed E-state index contributed by atoms with van der Waals surface area (Å²) >= 11 is 13.4. The summed E-state index contributed by atoms with van der Waals surface area (Å²) in [7, 11) is 0. The van der Waals surface area contributed by atoms with Crippen LogP contribution in [0.15, 0.2) is 73.4 Å². The van der Waals surface area contributed by atoms with E-state index in [9.17, 15) is 14.0 Å². The second-order valence-corrected chi connectivity index (χ2v) is 11.7. The first kappa shape index (κ1) is 28.4. The van der Waals surface area contributed by atoms with Crippen LogP contribution >= 0.6 is 43.5 Å². The van der Waals surface area contributed by atoms with Crippen LogP contribution in [-0.4, -0.2) is 28.4 Å². The molecule has 1 aliphatic rings. The molecule has 3 aromatic carbocycles. The predicted octanol–water partition coefficient (Wildman–Crippen LogP) is 7.66. The van der Waals surface area contributed by atoms with Crippen molar-refractivity contribution in [2.75, 3.05) is 11.9 Å². The van der Waals surface area contributed by atoms with E-state index in [1.54, 1.807) is 24.4 Å². The fourth-order valence-corrected chi connectivity index (χ4v) is 6.04. The largest absolute Gasteiger partial charge is 0.481 e. The number of ether oxygens (including phenoxy) is 1. The number of nitrogens with zero attached hydrogens (tertiary/aromatic N) is 3. The maximum absolute atomic E-state index is 13.5. The number of halogens is 4. The number of amides is 1. The molecule has 1 heterocycles. The standard InChI is InChI=1S/C29H24Br2ClFN4O3/c30-19-6-11-25-22(14-19)29(39)37(28(36-25)18-4-2-1-3-5-18)34-15-17-12-23(31)27(24(32)13-17)40-16-26(38)35-21-9-7-20(33)8-10-21/h6-15,18H,1-5,16H2,(H,35,38). The van der Waals surface area contributed by atoms with Crippen molar-refractivity contribution < 1.29 is 13.9 Å². The fourth-order valence-electron chi connectivity index (χ4n) is 4.69. The lowest BCUT2D eigenvalue weighted by Gasteiger charge is -2.22. The molecule has 0 aliphatic heterocycles. The summed E-state index contributed by atoms with van der Waals surface area (Å²) in [5, 5.41) is 7.93. The molecule has 0 spiro atoms. The van der Waals surface area contributed by atoms with Gasteiger partial charge < -0.3 is 10.1 Å². The Hall–Kier alpha value is -3.08. The molecule has 40 heavy (non-hydrogen) atoms. The van der Waals surface area contributed by atoms with Crippen molar-refractivity contribution in [1.29, 1.82) is 0 Å². The van der Waals surface area contributed by atoms with E-state index in [1.807, 2.05) is 12.1 Å². The van der Waals surface area contributed by atoms with E-state index in [0.29, 0.717) is 32.5 Å². The summed E-state index contributed by atoms with van der Waals surface area (Å²) in [6.07, 6.45) is 6.84. The lowest BCUT2D eigenvalue weighted by atomic mass is 9.88. The molecule has 206 valence electrons. The first-order valence-electron chi connectivity index (χ1n) is 12.7. The second-order valence-electron chi connectivity index (χ2n) is 9.49. The Morgan fingerprint density at radius 3 is 2.60 bits per heavy atom. The molecule has 5 rings (SSSR count). The van der Waals surface area contributed by atoms with E-state index in [4.69, 9.17) is 21.3 Å². The maximum atomic E-state index is 13.5. The number of benzene rings is 3. The van der Waals surface area contributed by atoms with Crippen molar-refractivity contribution in [3.05, 3.63) is 96.1 Å². The maximum Gasteiger partial charge on any atom is 0.282 e. The van der Waals surface area contributed by atoms with Crippen LogP contribution in [-0.2, 0) is 4.79 Å². The van der Waals surface area contributed by atoms with Crippen LogP contribution in [0.2, 0.25) is 5.02 Å². The Morgan fingerprint density at radius 1 is 1.12 bits per heavy atom. The lowest BCUT2D eigenvalue weighted by molar-refractivity contribution is -0.118. The van der Waals surface area contributed by atoms with Gasteiger partial charge in [-0.1, -0.05) is 46.8 Å². The Labute approximate surface area is 251 Å². The van der Waals surface area contributed by atoms with Crippen molar-refractivity contribution in [3.63, 3.8) is 0 Å². The molecule has 7 nitrogen and oxygen atoms in total. The Morgan fingerprint density at radius 2 is 1.88 bits per heavy atom. The number of hydrogen-bond donors (Lipinski definition) is 1. The number of rotatable bonds is 7. The van der Waals surface area contributed by atoms with Gasteiger partial charge in [0.25, 0.3) is 11.5 Å². The van der Waals surface area contributed by atoms with E-state index >= 15 is 0 Å². The number of anilines is 1. The van der Waals surface area contributed by atoms with Crippen LogP contribution in [0.5, 0.6) is 5.75 Å². The number of nitrogens with one attached hydrogen (secondary N) is 1. The molecule has 1 N–H and O–H groups in total. The molecule has 0 atom stereocenters. The summed E-state index contributed by atoms with van der Waals surface area (Å²) in [4.78, 5) is 30.7. The highest BCUT2D eigenvalue weighted by atomic mass is 79.9. The van der Waals surface area contributed by atoms with Gasteiger partial charge in [-0.15, -0.1) is 0 Å². The average Bonchev–Trinajstić information content (AvgIpc) is 2.94. The van der Waals surface area contributed by atoms with Gasteiger partial charge in [-0.2, -0.15) is 9.78 Å². The Balaban J connectivity index is 1.38. The molecule has 0 radical (unpaired) electrons. The first-order chi connectivity index (χ1) is 19.3. The highest BCUT2D eigenvalue weighted by molar-refractivity contribution is 9.10. The summed E-state index contributed by atoms with van der Waals surface area (Å²) in [5.74, 6) is 0.274. The minimum atomic E-state index is -0.426. The zero-order chi connectivity index (χ0) is 28.2. The van der Waals surface area contributed by atoms with Crippen molar-refractivity contribution in [2.45, 2.75) is 38.0 Å². The molecule has 0 unspecified atom stereocenters. The van der Waals surface area contributed by atoms with Crippen LogP contribution < -0.4 is 15.6 Å². The van der Waals surface area contributed by atoms with E-state index in [2.05, 4.69) is 42.3 Å². The van der Waals surface area contributed by atoms with Crippen LogP contribution in [0.25, 0.3) is 10.9 Å². The molecule has 0 saturated heterocycles. The van der Waals surface area contributed by atoms with Gasteiger partial charge in [0, 0.05) is 16.1 Å². The van der Waals surface area contributed by atoms with Gasteiger partial charge in [-0.25, -0.2) is 9.37 Å². The summed E-state index contributed by atoms with van der Waals surface area (Å²) in [6.45, 7) is -0.304. The third-order valence-electron chi connectivity index (χ3n) is 6.62. The third kappa shape index (κ3) is 6.62. The number of carbonyl (C=O) groups is 1. The molecule has 1 fully saturated rings. The molecular formula is C29H24Br2ClFN4O3. The highest BCUT2D eigenvalue weighted by Gasteiger charge is 2.22. The molecular weight excluding hydrogens is 667 g/mol. The normalized spacial score (nSPS) is 14.1. The van der Waals surface area contributed by atoms with Crippen LogP contribution in [0.4, 0.5) is 10.1 Å². The first-order valence-corrected chi connectivity index (χ1v) is 14.7. The topological polar surface area (TPSA) is 85.6 Å². The molecule has 1 aromatic heterocycles. The average molecular weight is 691 g/mol. The van der Waals surface area contributed by atoms with Crippen molar-refractivity contribution in [1.82, 2.24) is 9.66 Å². The molecule has 4 aromatic rings. The van der Waals surface area contributed by atoms with Crippen molar-refractivity contribution in [3.8, 4) is 5.75 Å². The van der Waals surface area contributed by atoms with Gasteiger partial charge in [0.1, 0.15) is 11.6 Å². The third-order valence-corrected chi connectivity index (χ3v) is 7.99. The zero-order valence-corrected chi connectivity index (χ0v) is 25.1. The number of hydrogen-bond acceptors (Lipinski definition) is 5. The number of carbonyl (C=O) groups excluding carboxylic acids is 1. The van der Waals surface area contributed by atoms with Crippen LogP contribution in [0.3, 0.4) is 0 Å². The predicted molar refractivity (Wildman–Crippen MR) is 162 cm³/mol. The van der Waals surface area contributed by atoms with Crippen LogP contribution in [0, 0.1) is 5.82 Å². The monoisotopic (exact) mass is 688 g/mol. The molecule has 0 bridgehead atoms. The van der Waals surface area contributed by atoms with Gasteiger partial charge in [-0.3, -0.25) is 9.59 Å². The molecule has 1 aliphatic carbocycles. The molecule has 11 heteroatoms. The molecule has 1 amide bonds. The number of aromatic nitrogens is 2. The van der Waals surface area contributed by atoms with Gasteiger partial charge in [-0.05, 0) is 88.9 Å². The fraction of sp³-hybridized carbons (Fsp3) is 0.241. The minimum absolute atomic E-state index is 0.152. The Bertz CT molecular complexity index is 1630. The van der Waals surface area contributed by atoms with E-state index in [0.717, 1.165) is 30.2 Å². The SMILES string of the molecule is O=C(COc1c(Cl)cc(C=Nn2c(C3CCCCC3)nc3ccc(Br)cc3c2=O)cc1Br)Nc1ccc(F)cc1. The van der Waals surface area contributed by atoms with Crippen molar-refractivity contribution in [2.24, 2.45) is 5.10 Å². The smallest absolute Gasteiger partial charge is 0.282 e. The summed E-state index contributed by atoms with van der Waals surface area (Å²) in [5.41, 5.74) is 1.48. The van der Waals surface area contributed by atoms with Gasteiger partial charge >= 0.3 is 0 Å². The van der Waals surface area contributed by atoms with Gasteiger partial charge in [0.05, 0.1) is 26.6 Å². The summed E-state index contributed by atoms with van der Waals surface area (Å²) < 4.78 is 21.4. The van der Waals surface area contributed by atoms with E-state index in [1.165, 1.54) is 35.4 Å². The zero-order valence-electron chi connectivity index (χ0n) is 21.2. The summed E-state index contributed by atoms with van der Waals surface area (Å²) in [6, 6.07) is 14.3. The lowest BCUT2D eigenvalue weighted by Crippen LogP contribution is -2.25. The van der Waals surface area contributed by atoms with Crippen LogP contribution in [0.1, 0.15) is 49.4 Å². The van der Waals surface area contributed by atoms with Gasteiger partial charge in [0.15, 0.2) is 12.4 Å². The quantitative estimate of drug-likeness (QED) is 0.202.